The molecule has 2 atom stereocenters. The molecule has 3 rings (SSSR count). The largest absolute Gasteiger partial charge is 0.465 e. The number of carbonyl (C=O) groups excluding carboxylic acids is 3. The number of hydrogen-bond acceptors (Lipinski definition) is 4. The van der Waals surface area contributed by atoms with Crippen molar-refractivity contribution in [3.63, 3.8) is 0 Å². The molecule has 2 fully saturated rings. The molecule has 2 N–H and O–H groups in total. The molecule has 1 aromatic rings. The van der Waals surface area contributed by atoms with Crippen molar-refractivity contribution in [2.75, 3.05) is 12.4 Å². The van der Waals surface area contributed by atoms with Crippen molar-refractivity contribution in [1.29, 1.82) is 0 Å². The molecule has 6 nitrogen and oxygen atoms in total. The van der Waals surface area contributed by atoms with Crippen molar-refractivity contribution >= 4 is 23.5 Å². The lowest BCUT2D eigenvalue weighted by Crippen LogP contribution is -2.34. The Morgan fingerprint density at radius 1 is 1.00 bits per heavy atom. The fourth-order valence-corrected chi connectivity index (χ4v) is 3.20. The van der Waals surface area contributed by atoms with E-state index < -0.39 is 5.97 Å². The Hall–Kier alpha value is -2.37. The van der Waals surface area contributed by atoms with Gasteiger partial charge in [-0.3, -0.25) is 9.59 Å². The molecule has 0 radical (unpaired) electrons. The minimum absolute atomic E-state index is 0.00286. The predicted octanol–water partition coefficient (Wildman–Crippen LogP) is 2.11. The normalized spacial score (nSPS) is 22.7. The van der Waals surface area contributed by atoms with Crippen LogP contribution in [0.3, 0.4) is 0 Å². The highest BCUT2D eigenvalue weighted by Crippen LogP contribution is 2.40. The highest BCUT2D eigenvalue weighted by Gasteiger charge is 2.48. The molecule has 0 heterocycles. The highest BCUT2D eigenvalue weighted by atomic mass is 16.5. The number of ether oxygens (including phenoxy) is 1. The Kier molecular flexibility index (Phi) is 4.83. The summed E-state index contributed by atoms with van der Waals surface area (Å²) < 4.78 is 4.63. The molecule has 1 aromatic carbocycles. The Morgan fingerprint density at radius 2 is 1.62 bits per heavy atom. The monoisotopic (exact) mass is 330 g/mol. The van der Waals surface area contributed by atoms with Gasteiger partial charge >= 0.3 is 5.97 Å². The van der Waals surface area contributed by atoms with Gasteiger partial charge in [0.15, 0.2) is 0 Å². The van der Waals surface area contributed by atoms with E-state index in [2.05, 4.69) is 15.4 Å². The molecule has 2 unspecified atom stereocenters. The van der Waals surface area contributed by atoms with Crippen LogP contribution in [0, 0.1) is 11.8 Å². The lowest BCUT2D eigenvalue weighted by Gasteiger charge is -2.11. The van der Waals surface area contributed by atoms with Gasteiger partial charge < -0.3 is 15.4 Å². The minimum atomic E-state index is -0.418. The zero-order chi connectivity index (χ0) is 17.1. The summed E-state index contributed by atoms with van der Waals surface area (Å²) in [5.41, 5.74) is 1.03. The van der Waals surface area contributed by atoms with Crippen LogP contribution in [-0.4, -0.2) is 30.9 Å². The fraction of sp³-hybridized carbons (Fsp3) is 0.500. The van der Waals surface area contributed by atoms with E-state index in [0.29, 0.717) is 17.7 Å². The first-order valence-corrected chi connectivity index (χ1v) is 8.38. The van der Waals surface area contributed by atoms with Crippen LogP contribution in [0.15, 0.2) is 24.3 Å². The lowest BCUT2D eigenvalue weighted by molar-refractivity contribution is -0.125. The molecule has 0 bridgehead atoms. The SMILES string of the molecule is COC(=O)c1ccc(NC(=O)C2CC2C(=O)NC2CCCC2)cc1. The van der Waals surface area contributed by atoms with E-state index in [4.69, 9.17) is 0 Å². The number of carbonyl (C=O) groups is 3. The van der Waals surface area contributed by atoms with Gasteiger partial charge in [0.1, 0.15) is 0 Å². The summed E-state index contributed by atoms with van der Waals surface area (Å²) in [4.78, 5) is 35.7. The average Bonchev–Trinajstić information content (AvgIpc) is 3.25. The third-order valence-corrected chi connectivity index (χ3v) is 4.74. The van der Waals surface area contributed by atoms with Crippen LogP contribution in [-0.2, 0) is 14.3 Å². The second-order valence-electron chi connectivity index (χ2n) is 6.50. The van der Waals surface area contributed by atoms with Gasteiger partial charge in [0, 0.05) is 11.7 Å². The molecule has 0 aromatic heterocycles. The van der Waals surface area contributed by atoms with Gasteiger partial charge in [-0.25, -0.2) is 4.79 Å². The number of amides is 2. The van der Waals surface area contributed by atoms with Gasteiger partial charge in [-0.1, -0.05) is 12.8 Å². The standard InChI is InChI=1S/C18H22N2O4/c1-24-18(23)11-6-8-13(9-7-11)20-17(22)15-10-14(15)16(21)19-12-4-2-3-5-12/h6-9,12,14-15H,2-5,10H2,1H3,(H,19,21)(H,20,22). The van der Waals surface area contributed by atoms with Crippen molar-refractivity contribution < 1.29 is 19.1 Å². The van der Waals surface area contributed by atoms with Crippen LogP contribution in [0.2, 0.25) is 0 Å². The Balaban J connectivity index is 1.49. The van der Waals surface area contributed by atoms with E-state index in [1.165, 1.54) is 20.0 Å². The summed E-state index contributed by atoms with van der Waals surface area (Å²) in [7, 11) is 1.32. The molecule has 0 saturated heterocycles. The first-order valence-electron chi connectivity index (χ1n) is 8.38. The van der Waals surface area contributed by atoms with Gasteiger partial charge in [-0.15, -0.1) is 0 Å². The quantitative estimate of drug-likeness (QED) is 0.810. The highest BCUT2D eigenvalue weighted by molar-refractivity contribution is 6.00. The predicted molar refractivity (Wildman–Crippen MR) is 88.4 cm³/mol. The number of rotatable bonds is 5. The summed E-state index contributed by atoms with van der Waals surface area (Å²) in [6.45, 7) is 0. The molecule has 6 heteroatoms. The third kappa shape index (κ3) is 3.75. The second-order valence-corrected chi connectivity index (χ2v) is 6.50. The van der Waals surface area contributed by atoms with E-state index in [1.54, 1.807) is 24.3 Å². The molecule has 2 saturated carbocycles. The van der Waals surface area contributed by atoms with Crippen molar-refractivity contribution in [3.8, 4) is 0 Å². The molecular weight excluding hydrogens is 308 g/mol. The average molecular weight is 330 g/mol. The van der Waals surface area contributed by atoms with E-state index in [1.807, 2.05) is 0 Å². The Bertz CT molecular complexity index is 635. The molecule has 2 aliphatic carbocycles. The molecule has 2 aliphatic rings. The van der Waals surface area contributed by atoms with Crippen LogP contribution in [0.1, 0.15) is 42.5 Å². The van der Waals surface area contributed by atoms with Gasteiger partial charge in [0.25, 0.3) is 0 Å². The maximum Gasteiger partial charge on any atom is 0.337 e. The Morgan fingerprint density at radius 3 is 2.25 bits per heavy atom. The molecule has 0 aliphatic heterocycles. The number of anilines is 1. The minimum Gasteiger partial charge on any atom is -0.465 e. The summed E-state index contributed by atoms with van der Waals surface area (Å²) >= 11 is 0. The van der Waals surface area contributed by atoms with E-state index in [9.17, 15) is 14.4 Å². The molecule has 128 valence electrons. The first-order chi connectivity index (χ1) is 11.6. The maximum atomic E-state index is 12.2. The second kappa shape index (κ2) is 7.03. The smallest absolute Gasteiger partial charge is 0.337 e. The van der Waals surface area contributed by atoms with E-state index >= 15 is 0 Å². The number of methoxy groups -OCH3 is 1. The van der Waals surface area contributed by atoms with E-state index in [-0.39, 0.29) is 29.7 Å². The molecule has 24 heavy (non-hydrogen) atoms. The van der Waals surface area contributed by atoms with Crippen molar-refractivity contribution in [2.45, 2.75) is 38.1 Å². The zero-order valence-corrected chi connectivity index (χ0v) is 13.7. The topological polar surface area (TPSA) is 84.5 Å². The third-order valence-electron chi connectivity index (χ3n) is 4.74. The maximum absolute atomic E-state index is 12.2. The summed E-state index contributed by atoms with van der Waals surface area (Å²) in [6.07, 6.45) is 5.02. The number of hydrogen-bond donors (Lipinski definition) is 2. The van der Waals surface area contributed by atoms with Crippen LogP contribution in [0.4, 0.5) is 5.69 Å². The molecular formula is C18H22N2O4. The van der Waals surface area contributed by atoms with Crippen LogP contribution in [0.25, 0.3) is 0 Å². The van der Waals surface area contributed by atoms with Gasteiger partial charge in [0.2, 0.25) is 11.8 Å². The van der Waals surface area contributed by atoms with Gasteiger partial charge in [-0.05, 0) is 43.5 Å². The zero-order valence-electron chi connectivity index (χ0n) is 13.7. The molecule has 2 amide bonds. The van der Waals surface area contributed by atoms with E-state index in [0.717, 1.165) is 12.8 Å². The number of benzene rings is 1. The van der Waals surface area contributed by atoms with Crippen molar-refractivity contribution in [2.24, 2.45) is 11.8 Å². The number of esters is 1. The summed E-state index contributed by atoms with van der Waals surface area (Å²) in [6, 6.07) is 6.78. The summed E-state index contributed by atoms with van der Waals surface area (Å²) in [5, 5.41) is 5.84. The first kappa shape index (κ1) is 16.5. The molecule has 0 spiro atoms. The van der Waals surface area contributed by atoms with Crippen molar-refractivity contribution in [1.82, 2.24) is 5.32 Å². The lowest BCUT2D eigenvalue weighted by atomic mass is 10.2. The summed E-state index contributed by atoms with van der Waals surface area (Å²) in [5.74, 6) is -1.03. The van der Waals surface area contributed by atoms with Crippen molar-refractivity contribution in [3.05, 3.63) is 29.8 Å². The van der Waals surface area contributed by atoms with Crippen LogP contribution >= 0.6 is 0 Å². The number of nitrogens with one attached hydrogen (secondary N) is 2. The van der Waals surface area contributed by atoms with Gasteiger partial charge in [-0.2, -0.15) is 0 Å². The van der Waals surface area contributed by atoms with Crippen LogP contribution in [0.5, 0.6) is 0 Å². The fourth-order valence-electron chi connectivity index (χ4n) is 3.20. The van der Waals surface area contributed by atoms with Crippen LogP contribution < -0.4 is 10.6 Å². The van der Waals surface area contributed by atoms with Gasteiger partial charge in [0.05, 0.1) is 24.5 Å². The Labute approximate surface area is 140 Å².